The van der Waals surface area contributed by atoms with E-state index in [0.29, 0.717) is 11.7 Å². The molecule has 0 amide bonds. The molecular formula is C11H13F2NS. The van der Waals surface area contributed by atoms with E-state index in [2.05, 4.69) is 5.32 Å². The smallest absolute Gasteiger partial charge is 0.128 e. The van der Waals surface area contributed by atoms with Gasteiger partial charge < -0.3 is 5.32 Å². The van der Waals surface area contributed by atoms with E-state index < -0.39 is 11.6 Å². The van der Waals surface area contributed by atoms with Crippen molar-refractivity contribution >= 4 is 17.4 Å². The van der Waals surface area contributed by atoms with Crippen LogP contribution >= 0.6 is 11.8 Å². The van der Waals surface area contributed by atoms with Crippen LogP contribution in [0.3, 0.4) is 0 Å². The molecule has 1 fully saturated rings. The first kappa shape index (κ1) is 10.7. The van der Waals surface area contributed by atoms with E-state index in [-0.39, 0.29) is 0 Å². The van der Waals surface area contributed by atoms with E-state index in [1.807, 2.05) is 11.8 Å². The monoisotopic (exact) mass is 229 g/mol. The molecule has 1 heterocycles. The van der Waals surface area contributed by atoms with Gasteiger partial charge >= 0.3 is 0 Å². The molecule has 0 aliphatic carbocycles. The zero-order chi connectivity index (χ0) is 10.7. The molecule has 1 aliphatic rings. The van der Waals surface area contributed by atoms with Gasteiger partial charge in [-0.3, -0.25) is 0 Å². The maximum Gasteiger partial charge on any atom is 0.128 e. The Morgan fingerprint density at radius 1 is 1.20 bits per heavy atom. The maximum atomic E-state index is 12.9. The van der Waals surface area contributed by atoms with Crippen LogP contribution in [0.4, 0.5) is 14.5 Å². The van der Waals surface area contributed by atoms with Crippen LogP contribution in [-0.2, 0) is 0 Å². The van der Waals surface area contributed by atoms with Crippen LogP contribution in [-0.4, -0.2) is 17.5 Å². The van der Waals surface area contributed by atoms with E-state index >= 15 is 0 Å². The van der Waals surface area contributed by atoms with Crippen molar-refractivity contribution in [2.24, 2.45) is 0 Å². The van der Waals surface area contributed by atoms with Crippen molar-refractivity contribution in [2.45, 2.75) is 18.9 Å². The average molecular weight is 229 g/mol. The second kappa shape index (κ2) is 4.84. The van der Waals surface area contributed by atoms with Gasteiger partial charge in [-0.05, 0) is 30.7 Å². The Labute approximate surface area is 92.3 Å². The van der Waals surface area contributed by atoms with Gasteiger partial charge in [0.25, 0.3) is 0 Å². The number of benzene rings is 1. The molecule has 0 saturated carbocycles. The molecule has 1 aliphatic heterocycles. The van der Waals surface area contributed by atoms with Gasteiger partial charge in [0.05, 0.1) is 0 Å². The highest BCUT2D eigenvalue weighted by Crippen LogP contribution is 2.21. The van der Waals surface area contributed by atoms with E-state index in [4.69, 9.17) is 0 Å². The summed E-state index contributed by atoms with van der Waals surface area (Å²) in [4.78, 5) is 0. The first-order valence-electron chi connectivity index (χ1n) is 5.04. The van der Waals surface area contributed by atoms with Crippen molar-refractivity contribution in [2.75, 3.05) is 16.8 Å². The quantitative estimate of drug-likeness (QED) is 0.835. The van der Waals surface area contributed by atoms with Crippen molar-refractivity contribution < 1.29 is 8.78 Å². The number of rotatable bonds is 2. The fourth-order valence-corrected chi connectivity index (χ4v) is 2.80. The number of hydrogen-bond donors (Lipinski definition) is 1. The third-order valence-corrected chi connectivity index (χ3v) is 3.61. The standard InChI is InChI=1S/C11H13F2NS/c12-8-4-9(13)6-11(5-8)14-10-2-1-3-15-7-10/h4-6,10,14H,1-3,7H2. The Balaban J connectivity index is 2.02. The predicted molar refractivity (Wildman–Crippen MR) is 60.3 cm³/mol. The Bertz CT molecular complexity index is 317. The summed E-state index contributed by atoms with van der Waals surface area (Å²) < 4.78 is 25.8. The zero-order valence-corrected chi connectivity index (χ0v) is 9.12. The predicted octanol–water partition coefficient (Wildman–Crippen LogP) is 3.27. The zero-order valence-electron chi connectivity index (χ0n) is 8.30. The third-order valence-electron chi connectivity index (χ3n) is 2.39. The molecule has 82 valence electrons. The van der Waals surface area contributed by atoms with Crippen molar-refractivity contribution in [3.05, 3.63) is 29.8 Å². The largest absolute Gasteiger partial charge is 0.381 e. The molecule has 1 saturated heterocycles. The minimum atomic E-state index is -0.527. The molecule has 0 radical (unpaired) electrons. The fourth-order valence-electron chi connectivity index (χ4n) is 1.73. The summed E-state index contributed by atoms with van der Waals surface area (Å²) in [6.07, 6.45) is 2.24. The van der Waals surface area contributed by atoms with Gasteiger partial charge in [-0.25, -0.2) is 8.78 Å². The summed E-state index contributed by atoms with van der Waals surface area (Å²) in [5, 5.41) is 3.16. The third kappa shape index (κ3) is 3.09. The lowest BCUT2D eigenvalue weighted by atomic mass is 10.1. The molecule has 2 rings (SSSR count). The first-order valence-corrected chi connectivity index (χ1v) is 6.20. The lowest BCUT2D eigenvalue weighted by Gasteiger charge is -2.23. The fraction of sp³-hybridized carbons (Fsp3) is 0.455. The van der Waals surface area contributed by atoms with Crippen LogP contribution < -0.4 is 5.32 Å². The molecule has 0 bridgehead atoms. The Morgan fingerprint density at radius 2 is 1.93 bits per heavy atom. The molecule has 4 heteroatoms. The van der Waals surface area contributed by atoms with Crippen LogP contribution in [0.2, 0.25) is 0 Å². The second-order valence-electron chi connectivity index (χ2n) is 3.72. The molecule has 1 aromatic rings. The normalized spacial score (nSPS) is 21.3. The highest BCUT2D eigenvalue weighted by molar-refractivity contribution is 7.99. The Morgan fingerprint density at radius 3 is 2.53 bits per heavy atom. The molecule has 1 N–H and O–H groups in total. The van der Waals surface area contributed by atoms with Crippen LogP contribution in [0.15, 0.2) is 18.2 Å². The number of nitrogens with one attached hydrogen (secondary N) is 1. The molecule has 1 aromatic carbocycles. The summed E-state index contributed by atoms with van der Waals surface area (Å²) in [7, 11) is 0. The van der Waals surface area contributed by atoms with Gasteiger partial charge in [-0.2, -0.15) is 11.8 Å². The van der Waals surface area contributed by atoms with E-state index in [0.717, 1.165) is 18.2 Å². The molecule has 1 nitrogen and oxygen atoms in total. The van der Waals surface area contributed by atoms with E-state index in [1.165, 1.54) is 24.3 Å². The minimum Gasteiger partial charge on any atom is -0.381 e. The maximum absolute atomic E-state index is 12.9. The molecule has 0 aromatic heterocycles. The summed E-state index contributed by atoms with van der Waals surface area (Å²) in [5.74, 6) is 1.15. The number of halogens is 2. The van der Waals surface area contributed by atoms with Gasteiger partial charge in [0, 0.05) is 23.5 Å². The molecule has 15 heavy (non-hydrogen) atoms. The molecule has 1 unspecified atom stereocenters. The topological polar surface area (TPSA) is 12.0 Å². The van der Waals surface area contributed by atoms with Crippen molar-refractivity contribution in [3.63, 3.8) is 0 Å². The molecule has 0 spiro atoms. The summed E-state index contributed by atoms with van der Waals surface area (Å²) in [6, 6.07) is 3.90. The van der Waals surface area contributed by atoms with E-state index in [1.54, 1.807) is 0 Å². The number of hydrogen-bond acceptors (Lipinski definition) is 2. The highest BCUT2D eigenvalue weighted by atomic mass is 32.2. The van der Waals surface area contributed by atoms with Gasteiger partial charge in [-0.15, -0.1) is 0 Å². The average Bonchev–Trinajstić information content (AvgIpc) is 2.17. The van der Waals surface area contributed by atoms with E-state index in [9.17, 15) is 8.78 Å². The van der Waals surface area contributed by atoms with Crippen LogP contribution in [0.1, 0.15) is 12.8 Å². The van der Waals surface area contributed by atoms with Crippen LogP contribution in [0.5, 0.6) is 0 Å². The van der Waals surface area contributed by atoms with Crippen molar-refractivity contribution in [3.8, 4) is 0 Å². The van der Waals surface area contributed by atoms with Gasteiger partial charge in [-0.1, -0.05) is 0 Å². The van der Waals surface area contributed by atoms with Crippen molar-refractivity contribution in [1.29, 1.82) is 0 Å². The first-order chi connectivity index (χ1) is 7.24. The van der Waals surface area contributed by atoms with Crippen LogP contribution in [0, 0.1) is 11.6 Å². The summed E-state index contributed by atoms with van der Waals surface area (Å²) >= 11 is 1.88. The van der Waals surface area contributed by atoms with Gasteiger partial charge in [0.1, 0.15) is 11.6 Å². The molecular weight excluding hydrogens is 216 g/mol. The van der Waals surface area contributed by atoms with Gasteiger partial charge in [0.15, 0.2) is 0 Å². The van der Waals surface area contributed by atoms with Gasteiger partial charge in [0.2, 0.25) is 0 Å². The SMILES string of the molecule is Fc1cc(F)cc(NC2CCCSC2)c1. The lowest BCUT2D eigenvalue weighted by Crippen LogP contribution is -2.25. The second-order valence-corrected chi connectivity index (χ2v) is 4.87. The Kier molecular flexibility index (Phi) is 3.46. The minimum absolute atomic E-state index is 0.338. The summed E-state index contributed by atoms with van der Waals surface area (Å²) in [5.41, 5.74) is 0.542. The molecule has 1 atom stereocenters. The number of anilines is 1. The van der Waals surface area contributed by atoms with Crippen LogP contribution in [0.25, 0.3) is 0 Å². The Hall–Kier alpha value is -0.770. The summed E-state index contributed by atoms with van der Waals surface area (Å²) in [6.45, 7) is 0. The lowest BCUT2D eigenvalue weighted by molar-refractivity contribution is 0.583. The van der Waals surface area contributed by atoms with Crippen molar-refractivity contribution in [1.82, 2.24) is 0 Å². The number of thioether (sulfide) groups is 1. The highest BCUT2D eigenvalue weighted by Gasteiger charge is 2.13.